The number of aryl methyl sites for hydroxylation is 2. The van der Waals surface area contributed by atoms with Gasteiger partial charge in [0.05, 0.1) is 0 Å². The molecule has 0 unspecified atom stereocenters. The van der Waals surface area contributed by atoms with Crippen molar-refractivity contribution in [2.75, 3.05) is 5.73 Å². The Balaban J connectivity index is 2.02. The van der Waals surface area contributed by atoms with Gasteiger partial charge in [0, 0.05) is 16.3 Å². The highest BCUT2D eigenvalue weighted by atomic mass is 32.2. The number of hydrogen-bond donors (Lipinski definition) is 1. The molecule has 1 nitrogen and oxygen atoms in total. The Labute approximate surface area is 107 Å². The molecule has 0 aliphatic rings. The molecule has 0 atom stereocenters. The number of anilines is 1. The second-order valence-corrected chi connectivity index (χ2v) is 5.33. The highest BCUT2D eigenvalue weighted by Crippen LogP contribution is 2.25. The molecule has 17 heavy (non-hydrogen) atoms. The maximum atomic E-state index is 5.66. The van der Waals surface area contributed by atoms with Crippen molar-refractivity contribution < 1.29 is 0 Å². The van der Waals surface area contributed by atoms with E-state index in [1.54, 1.807) is 0 Å². The zero-order chi connectivity index (χ0) is 12.3. The maximum Gasteiger partial charge on any atom is 0.0314 e. The average molecular weight is 243 g/mol. The van der Waals surface area contributed by atoms with Crippen molar-refractivity contribution in [3.8, 4) is 0 Å². The average Bonchev–Trinajstić information content (AvgIpc) is 2.33. The van der Waals surface area contributed by atoms with Crippen molar-refractivity contribution in [2.24, 2.45) is 0 Å². The van der Waals surface area contributed by atoms with Gasteiger partial charge < -0.3 is 5.73 Å². The molecule has 2 N–H and O–H groups in total. The van der Waals surface area contributed by atoms with E-state index in [4.69, 9.17) is 5.73 Å². The minimum absolute atomic E-state index is 0.824. The van der Waals surface area contributed by atoms with Gasteiger partial charge in [0.1, 0.15) is 0 Å². The lowest BCUT2D eigenvalue weighted by Gasteiger charge is -2.05. The summed E-state index contributed by atoms with van der Waals surface area (Å²) in [7, 11) is 0. The van der Waals surface area contributed by atoms with Gasteiger partial charge in [-0.1, -0.05) is 18.2 Å². The first-order valence-corrected chi connectivity index (χ1v) is 6.68. The number of hydrogen-bond acceptors (Lipinski definition) is 2. The molecule has 0 saturated heterocycles. The molecule has 88 valence electrons. The highest BCUT2D eigenvalue weighted by Gasteiger charge is 1.98. The van der Waals surface area contributed by atoms with Gasteiger partial charge in [-0.3, -0.25) is 0 Å². The zero-order valence-corrected chi connectivity index (χ0v) is 11.1. The Hall–Kier alpha value is -1.41. The summed E-state index contributed by atoms with van der Waals surface area (Å²) in [6.45, 7) is 4.30. The number of thioether (sulfide) groups is 1. The Morgan fingerprint density at radius 3 is 2.29 bits per heavy atom. The minimum Gasteiger partial charge on any atom is -0.399 e. The van der Waals surface area contributed by atoms with Crippen LogP contribution in [-0.2, 0) is 5.75 Å². The Morgan fingerprint density at radius 2 is 1.65 bits per heavy atom. The number of nitrogens with two attached hydrogens (primary N) is 1. The van der Waals surface area contributed by atoms with Gasteiger partial charge in [-0.15, -0.1) is 11.8 Å². The summed E-state index contributed by atoms with van der Waals surface area (Å²) < 4.78 is 0. The van der Waals surface area contributed by atoms with Crippen LogP contribution in [0.3, 0.4) is 0 Å². The fourth-order valence-electron chi connectivity index (χ4n) is 1.58. The topological polar surface area (TPSA) is 26.0 Å². The summed E-state index contributed by atoms with van der Waals surface area (Å²) in [5.41, 5.74) is 10.5. The molecule has 0 aliphatic carbocycles. The standard InChI is InChI=1S/C15H17NS/c1-11-3-8-15(9-12(11)2)17-10-13-4-6-14(16)7-5-13/h3-9H,10,16H2,1-2H3. The first-order valence-electron chi connectivity index (χ1n) is 5.69. The van der Waals surface area contributed by atoms with E-state index in [2.05, 4.69) is 44.2 Å². The van der Waals surface area contributed by atoms with Crippen LogP contribution in [0.5, 0.6) is 0 Å². The van der Waals surface area contributed by atoms with Crippen LogP contribution in [0.2, 0.25) is 0 Å². The van der Waals surface area contributed by atoms with Gasteiger partial charge in [0.2, 0.25) is 0 Å². The van der Waals surface area contributed by atoms with Gasteiger partial charge >= 0.3 is 0 Å². The predicted molar refractivity (Wildman–Crippen MR) is 76.3 cm³/mol. The Morgan fingerprint density at radius 1 is 0.941 bits per heavy atom. The molecule has 0 amide bonds. The molecular weight excluding hydrogens is 226 g/mol. The summed E-state index contributed by atoms with van der Waals surface area (Å²) in [6.07, 6.45) is 0. The number of benzene rings is 2. The van der Waals surface area contributed by atoms with Gasteiger partial charge in [-0.25, -0.2) is 0 Å². The van der Waals surface area contributed by atoms with Crippen LogP contribution < -0.4 is 5.73 Å². The fraction of sp³-hybridized carbons (Fsp3) is 0.200. The van der Waals surface area contributed by atoms with E-state index in [0.717, 1.165) is 11.4 Å². The second kappa shape index (κ2) is 5.28. The van der Waals surface area contributed by atoms with Gasteiger partial charge in [-0.2, -0.15) is 0 Å². The van der Waals surface area contributed by atoms with Crippen LogP contribution in [0.15, 0.2) is 47.4 Å². The van der Waals surface area contributed by atoms with Crippen molar-refractivity contribution in [1.29, 1.82) is 0 Å². The van der Waals surface area contributed by atoms with Crippen LogP contribution in [0.25, 0.3) is 0 Å². The van der Waals surface area contributed by atoms with Gasteiger partial charge in [0.25, 0.3) is 0 Å². The molecular formula is C15H17NS. The van der Waals surface area contributed by atoms with Gasteiger partial charge in [0.15, 0.2) is 0 Å². The summed E-state index contributed by atoms with van der Waals surface area (Å²) >= 11 is 1.86. The third-order valence-corrected chi connectivity index (χ3v) is 3.93. The van der Waals surface area contributed by atoms with E-state index < -0.39 is 0 Å². The molecule has 0 aromatic heterocycles. The molecule has 0 bridgehead atoms. The lowest BCUT2D eigenvalue weighted by Crippen LogP contribution is -1.86. The normalized spacial score (nSPS) is 10.5. The third-order valence-electron chi connectivity index (χ3n) is 2.86. The highest BCUT2D eigenvalue weighted by molar-refractivity contribution is 7.98. The van der Waals surface area contributed by atoms with Crippen LogP contribution in [0.1, 0.15) is 16.7 Å². The largest absolute Gasteiger partial charge is 0.399 e. The lowest BCUT2D eigenvalue weighted by molar-refractivity contribution is 1.27. The molecule has 0 saturated carbocycles. The monoisotopic (exact) mass is 243 g/mol. The van der Waals surface area contributed by atoms with Crippen molar-refractivity contribution in [3.05, 3.63) is 59.2 Å². The van der Waals surface area contributed by atoms with E-state index in [1.165, 1.54) is 21.6 Å². The van der Waals surface area contributed by atoms with Crippen molar-refractivity contribution in [3.63, 3.8) is 0 Å². The second-order valence-electron chi connectivity index (χ2n) is 4.28. The molecule has 0 aliphatic heterocycles. The summed E-state index contributed by atoms with van der Waals surface area (Å²) in [5, 5.41) is 0. The quantitative estimate of drug-likeness (QED) is 0.646. The zero-order valence-electron chi connectivity index (χ0n) is 10.2. The van der Waals surface area contributed by atoms with Crippen LogP contribution in [-0.4, -0.2) is 0 Å². The minimum atomic E-state index is 0.824. The molecule has 2 aromatic rings. The molecule has 0 spiro atoms. The van der Waals surface area contributed by atoms with E-state index >= 15 is 0 Å². The first kappa shape index (κ1) is 12.1. The predicted octanol–water partition coefficient (Wildman–Crippen LogP) is 4.18. The Kier molecular flexibility index (Phi) is 3.75. The van der Waals surface area contributed by atoms with Crippen LogP contribution >= 0.6 is 11.8 Å². The van der Waals surface area contributed by atoms with E-state index in [0.29, 0.717) is 0 Å². The van der Waals surface area contributed by atoms with E-state index in [-0.39, 0.29) is 0 Å². The maximum absolute atomic E-state index is 5.66. The first-order chi connectivity index (χ1) is 8.15. The third kappa shape index (κ3) is 3.27. The molecule has 2 heteroatoms. The number of nitrogen functional groups attached to an aromatic ring is 1. The molecule has 0 heterocycles. The smallest absolute Gasteiger partial charge is 0.0314 e. The Bertz CT molecular complexity index is 503. The summed E-state index contributed by atoms with van der Waals surface area (Å²) in [6, 6.07) is 14.7. The number of rotatable bonds is 3. The SMILES string of the molecule is Cc1ccc(SCc2ccc(N)cc2)cc1C. The fourth-order valence-corrected chi connectivity index (χ4v) is 2.53. The summed E-state index contributed by atoms with van der Waals surface area (Å²) in [5.74, 6) is 0.989. The summed E-state index contributed by atoms with van der Waals surface area (Å²) in [4.78, 5) is 1.32. The van der Waals surface area contributed by atoms with Crippen molar-refractivity contribution >= 4 is 17.4 Å². The lowest BCUT2D eigenvalue weighted by atomic mass is 10.1. The van der Waals surface area contributed by atoms with Gasteiger partial charge in [-0.05, 0) is 54.8 Å². The molecule has 0 radical (unpaired) electrons. The van der Waals surface area contributed by atoms with Crippen molar-refractivity contribution in [2.45, 2.75) is 24.5 Å². The van der Waals surface area contributed by atoms with E-state index in [1.807, 2.05) is 23.9 Å². The van der Waals surface area contributed by atoms with Crippen LogP contribution in [0.4, 0.5) is 5.69 Å². The van der Waals surface area contributed by atoms with Crippen LogP contribution in [0, 0.1) is 13.8 Å². The molecule has 0 fully saturated rings. The van der Waals surface area contributed by atoms with E-state index in [9.17, 15) is 0 Å². The molecule has 2 rings (SSSR count). The molecule has 2 aromatic carbocycles. The van der Waals surface area contributed by atoms with Crippen molar-refractivity contribution in [1.82, 2.24) is 0 Å².